The molecule has 0 saturated heterocycles. The van der Waals surface area contributed by atoms with Crippen LogP contribution in [0.4, 0.5) is 11.5 Å². The third kappa shape index (κ3) is 3.31. The van der Waals surface area contributed by atoms with Crippen LogP contribution in [-0.2, 0) is 0 Å². The number of aryl methyl sites for hydroxylation is 1. The molecule has 0 aliphatic rings. The Morgan fingerprint density at radius 2 is 1.72 bits per heavy atom. The van der Waals surface area contributed by atoms with Gasteiger partial charge in [0.25, 0.3) is 0 Å². The Hall–Kier alpha value is -3.32. The smallest absolute Gasteiger partial charge is 0.142 e. The summed E-state index contributed by atoms with van der Waals surface area (Å²) in [5, 5.41) is 9.53. The average molecular weight is 328 g/mol. The summed E-state index contributed by atoms with van der Waals surface area (Å²) in [5.41, 5.74) is 12.3. The van der Waals surface area contributed by atoms with E-state index in [9.17, 15) is 5.26 Å². The van der Waals surface area contributed by atoms with E-state index in [0.29, 0.717) is 5.56 Å². The highest BCUT2D eigenvalue weighted by atomic mass is 15.1. The molecular formula is C21H20N4. The molecule has 2 aromatic carbocycles. The van der Waals surface area contributed by atoms with Gasteiger partial charge < -0.3 is 10.6 Å². The minimum atomic E-state index is 0.258. The molecular weight excluding hydrogens is 308 g/mol. The van der Waals surface area contributed by atoms with Gasteiger partial charge in [-0.05, 0) is 36.8 Å². The quantitative estimate of drug-likeness (QED) is 0.781. The van der Waals surface area contributed by atoms with Gasteiger partial charge in [0.2, 0.25) is 0 Å². The first-order valence-corrected chi connectivity index (χ1v) is 8.05. The van der Waals surface area contributed by atoms with E-state index in [0.717, 1.165) is 33.6 Å². The molecule has 1 aromatic heterocycles. The van der Waals surface area contributed by atoms with E-state index in [-0.39, 0.29) is 5.82 Å². The summed E-state index contributed by atoms with van der Waals surface area (Å²) in [4.78, 5) is 6.47. The van der Waals surface area contributed by atoms with Crippen molar-refractivity contribution >= 4 is 11.5 Å². The molecule has 1 heterocycles. The molecule has 2 N–H and O–H groups in total. The van der Waals surface area contributed by atoms with E-state index in [4.69, 9.17) is 5.73 Å². The van der Waals surface area contributed by atoms with Gasteiger partial charge >= 0.3 is 0 Å². The van der Waals surface area contributed by atoms with E-state index in [2.05, 4.69) is 17.1 Å². The molecule has 0 amide bonds. The Kier molecular flexibility index (Phi) is 4.40. The second-order valence-electron chi connectivity index (χ2n) is 6.24. The lowest BCUT2D eigenvalue weighted by atomic mass is 9.98. The number of nitrogen functional groups attached to an aromatic ring is 1. The lowest BCUT2D eigenvalue weighted by Crippen LogP contribution is -2.08. The maximum atomic E-state index is 9.53. The van der Waals surface area contributed by atoms with Crippen LogP contribution < -0.4 is 10.6 Å². The van der Waals surface area contributed by atoms with Crippen LogP contribution in [0.3, 0.4) is 0 Å². The van der Waals surface area contributed by atoms with Crippen molar-refractivity contribution in [3.8, 4) is 28.5 Å². The molecule has 4 heteroatoms. The number of pyridine rings is 1. The highest BCUT2D eigenvalue weighted by Crippen LogP contribution is 2.32. The van der Waals surface area contributed by atoms with Crippen molar-refractivity contribution in [2.45, 2.75) is 6.92 Å². The second-order valence-corrected chi connectivity index (χ2v) is 6.24. The minimum Gasteiger partial charge on any atom is -0.383 e. The standard InChI is InChI=1S/C21H20N4/c1-14-5-4-6-16(11-14)20-12-18(19(13-22)21(23)24-20)15-7-9-17(10-8-15)25(2)3/h4-12H,1-3H3,(H2,23,24). The summed E-state index contributed by atoms with van der Waals surface area (Å²) >= 11 is 0. The van der Waals surface area contributed by atoms with Gasteiger partial charge in [-0.2, -0.15) is 5.26 Å². The van der Waals surface area contributed by atoms with Gasteiger partial charge in [-0.3, -0.25) is 0 Å². The summed E-state index contributed by atoms with van der Waals surface area (Å²) in [7, 11) is 3.99. The Bertz CT molecular complexity index is 951. The van der Waals surface area contributed by atoms with E-state index < -0.39 is 0 Å². The number of rotatable bonds is 3. The van der Waals surface area contributed by atoms with Crippen LogP contribution in [0.2, 0.25) is 0 Å². The topological polar surface area (TPSA) is 65.9 Å². The van der Waals surface area contributed by atoms with E-state index >= 15 is 0 Å². The Balaban J connectivity index is 2.16. The number of anilines is 2. The molecule has 0 aliphatic carbocycles. The largest absolute Gasteiger partial charge is 0.383 e. The Morgan fingerprint density at radius 1 is 1.00 bits per heavy atom. The van der Waals surface area contributed by atoms with Crippen LogP contribution in [0.25, 0.3) is 22.4 Å². The van der Waals surface area contributed by atoms with E-state index in [1.165, 1.54) is 0 Å². The molecule has 0 radical (unpaired) electrons. The van der Waals surface area contributed by atoms with Gasteiger partial charge in [-0.15, -0.1) is 0 Å². The van der Waals surface area contributed by atoms with Crippen LogP contribution in [0.15, 0.2) is 54.6 Å². The molecule has 0 unspecified atom stereocenters. The lowest BCUT2D eigenvalue weighted by molar-refractivity contribution is 1.13. The molecule has 0 saturated carbocycles. The third-order valence-corrected chi connectivity index (χ3v) is 4.17. The van der Waals surface area contributed by atoms with Gasteiger partial charge in [0.1, 0.15) is 17.5 Å². The fraction of sp³-hybridized carbons (Fsp3) is 0.143. The van der Waals surface area contributed by atoms with Gasteiger partial charge in [0.05, 0.1) is 5.69 Å². The van der Waals surface area contributed by atoms with Crippen molar-refractivity contribution in [3.05, 3.63) is 65.7 Å². The van der Waals surface area contributed by atoms with Crippen molar-refractivity contribution in [2.75, 3.05) is 24.7 Å². The number of hydrogen-bond donors (Lipinski definition) is 1. The average Bonchev–Trinajstić information content (AvgIpc) is 2.61. The molecule has 0 atom stereocenters. The van der Waals surface area contributed by atoms with Crippen LogP contribution in [0, 0.1) is 18.3 Å². The second kappa shape index (κ2) is 6.66. The number of nitriles is 1. The molecule has 25 heavy (non-hydrogen) atoms. The fourth-order valence-corrected chi connectivity index (χ4v) is 2.80. The molecule has 0 bridgehead atoms. The number of benzene rings is 2. The van der Waals surface area contributed by atoms with Crippen LogP contribution in [0.5, 0.6) is 0 Å². The van der Waals surface area contributed by atoms with E-state index in [1.807, 2.05) is 74.4 Å². The van der Waals surface area contributed by atoms with Gasteiger partial charge in [0.15, 0.2) is 0 Å². The minimum absolute atomic E-state index is 0.258. The Labute approximate surface area is 148 Å². The van der Waals surface area contributed by atoms with Gasteiger partial charge in [-0.1, -0.05) is 35.9 Å². The highest BCUT2D eigenvalue weighted by Gasteiger charge is 2.13. The van der Waals surface area contributed by atoms with Crippen molar-refractivity contribution in [3.63, 3.8) is 0 Å². The Morgan fingerprint density at radius 3 is 2.32 bits per heavy atom. The monoisotopic (exact) mass is 328 g/mol. The molecule has 124 valence electrons. The molecule has 0 aliphatic heterocycles. The van der Waals surface area contributed by atoms with Crippen LogP contribution in [-0.4, -0.2) is 19.1 Å². The predicted molar refractivity (Wildman–Crippen MR) is 103 cm³/mol. The van der Waals surface area contributed by atoms with Crippen LogP contribution in [0.1, 0.15) is 11.1 Å². The van der Waals surface area contributed by atoms with Crippen molar-refractivity contribution in [2.24, 2.45) is 0 Å². The first kappa shape index (κ1) is 16.5. The van der Waals surface area contributed by atoms with E-state index in [1.54, 1.807) is 0 Å². The van der Waals surface area contributed by atoms with Gasteiger partial charge in [0, 0.05) is 30.9 Å². The molecule has 0 spiro atoms. The predicted octanol–water partition coefficient (Wildman–Crippen LogP) is 4.24. The maximum absolute atomic E-state index is 9.53. The molecule has 3 aromatic rings. The number of aromatic nitrogens is 1. The zero-order chi connectivity index (χ0) is 18.0. The molecule has 3 rings (SSSR count). The van der Waals surface area contributed by atoms with Crippen molar-refractivity contribution in [1.29, 1.82) is 5.26 Å². The number of nitrogens with two attached hydrogens (primary N) is 1. The summed E-state index contributed by atoms with van der Waals surface area (Å²) in [6.45, 7) is 2.04. The maximum Gasteiger partial charge on any atom is 0.142 e. The number of hydrogen-bond acceptors (Lipinski definition) is 4. The molecule has 4 nitrogen and oxygen atoms in total. The van der Waals surface area contributed by atoms with Crippen molar-refractivity contribution < 1.29 is 0 Å². The zero-order valence-corrected chi connectivity index (χ0v) is 14.6. The first-order chi connectivity index (χ1) is 12.0. The molecule has 0 fully saturated rings. The summed E-state index contributed by atoms with van der Waals surface area (Å²) < 4.78 is 0. The summed E-state index contributed by atoms with van der Waals surface area (Å²) in [5.74, 6) is 0.258. The summed E-state index contributed by atoms with van der Waals surface area (Å²) in [6, 6.07) is 20.3. The normalized spacial score (nSPS) is 10.3. The first-order valence-electron chi connectivity index (χ1n) is 8.05. The summed E-state index contributed by atoms with van der Waals surface area (Å²) in [6.07, 6.45) is 0. The lowest BCUT2D eigenvalue weighted by Gasteiger charge is -2.14. The third-order valence-electron chi connectivity index (χ3n) is 4.17. The SMILES string of the molecule is Cc1cccc(-c2cc(-c3ccc(N(C)C)cc3)c(C#N)c(N)n2)c1. The van der Waals surface area contributed by atoms with Gasteiger partial charge in [-0.25, -0.2) is 4.98 Å². The fourth-order valence-electron chi connectivity index (χ4n) is 2.80. The van der Waals surface area contributed by atoms with Crippen LogP contribution >= 0.6 is 0 Å². The van der Waals surface area contributed by atoms with Crippen molar-refractivity contribution in [1.82, 2.24) is 4.98 Å². The highest BCUT2D eigenvalue weighted by molar-refractivity contribution is 5.80. The number of nitrogens with zero attached hydrogens (tertiary/aromatic N) is 3. The zero-order valence-electron chi connectivity index (χ0n) is 14.6.